The van der Waals surface area contributed by atoms with Gasteiger partial charge in [0.1, 0.15) is 18.0 Å². The minimum Gasteiger partial charge on any atom is -0.460 e. The van der Waals surface area contributed by atoms with Crippen LogP contribution in [0.2, 0.25) is 0 Å². The average Bonchev–Trinajstić information content (AvgIpc) is 3.25. The Labute approximate surface area is 219 Å². The molecular formula is C32H50O4. The maximum atomic E-state index is 12.9. The minimum atomic E-state index is -0.209. The molecule has 0 aromatic carbocycles. The second kappa shape index (κ2) is 8.17. The first kappa shape index (κ1) is 26.4. The van der Waals surface area contributed by atoms with E-state index in [0.717, 1.165) is 19.3 Å². The van der Waals surface area contributed by atoms with E-state index in [-0.39, 0.29) is 45.4 Å². The van der Waals surface area contributed by atoms with Crippen LogP contribution < -0.4 is 0 Å². The standard InChI is InChI=1S/C32H50O4/c1-19(18-23(35-20(2)33)27-29(5,6)36-27)21-12-16-31(8)22(21)10-11-25-30(7)15-14-26(34)28(3,4)24(30)13-17-32(25,31)9/h19,23-25,27H,10-18H2,1-9H3/t19-,23+,24-,25+,27-,30+,31+,32+/m1/s1. The molecular weight excluding hydrogens is 448 g/mol. The van der Waals surface area contributed by atoms with E-state index >= 15 is 0 Å². The number of esters is 1. The number of hydrogen-bond donors (Lipinski definition) is 0. The number of hydrogen-bond acceptors (Lipinski definition) is 4. The number of carbonyl (C=O) groups excluding carboxylic acids is 2. The quantitative estimate of drug-likeness (QED) is 0.224. The van der Waals surface area contributed by atoms with E-state index in [1.165, 1.54) is 45.4 Å². The maximum absolute atomic E-state index is 12.9. The van der Waals surface area contributed by atoms with Crippen LogP contribution in [-0.2, 0) is 19.1 Å². The van der Waals surface area contributed by atoms with Gasteiger partial charge in [-0.25, -0.2) is 0 Å². The Morgan fingerprint density at radius 2 is 1.64 bits per heavy atom. The number of ether oxygens (including phenoxy) is 2. The van der Waals surface area contributed by atoms with Crippen molar-refractivity contribution in [3.05, 3.63) is 11.1 Å². The van der Waals surface area contributed by atoms with E-state index in [4.69, 9.17) is 9.47 Å². The molecule has 0 aromatic rings. The van der Waals surface area contributed by atoms with Gasteiger partial charge in [-0.15, -0.1) is 0 Å². The number of fused-ring (bicyclic) bond motifs is 5. The van der Waals surface area contributed by atoms with Crippen LogP contribution in [0.15, 0.2) is 11.1 Å². The fraction of sp³-hybridized carbons (Fsp3) is 0.875. The number of carbonyl (C=O) groups is 2. The molecule has 4 fully saturated rings. The molecule has 3 saturated carbocycles. The largest absolute Gasteiger partial charge is 0.460 e. The molecule has 0 amide bonds. The molecule has 0 spiro atoms. The smallest absolute Gasteiger partial charge is 0.302 e. The Hall–Kier alpha value is -1.16. The average molecular weight is 499 g/mol. The molecule has 0 unspecified atom stereocenters. The molecule has 4 nitrogen and oxygen atoms in total. The number of allylic oxidation sites excluding steroid dienone is 2. The van der Waals surface area contributed by atoms with E-state index in [2.05, 4.69) is 55.4 Å². The van der Waals surface area contributed by atoms with Crippen molar-refractivity contribution in [1.29, 1.82) is 0 Å². The second-order valence-electron chi connectivity index (χ2n) is 15.0. The summed E-state index contributed by atoms with van der Waals surface area (Å²) in [5.74, 6) is 1.85. The third-order valence-corrected chi connectivity index (χ3v) is 12.6. The summed E-state index contributed by atoms with van der Waals surface area (Å²) in [6.45, 7) is 20.2. The first-order valence-corrected chi connectivity index (χ1v) is 14.7. The Morgan fingerprint density at radius 1 is 0.972 bits per heavy atom. The van der Waals surface area contributed by atoms with Gasteiger partial charge in [0.15, 0.2) is 0 Å². The van der Waals surface area contributed by atoms with E-state index in [0.29, 0.717) is 23.5 Å². The number of ketones is 1. The van der Waals surface area contributed by atoms with Gasteiger partial charge in [0.2, 0.25) is 0 Å². The van der Waals surface area contributed by atoms with Gasteiger partial charge in [0, 0.05) is 18.8 Å². The highest BCUT2D eigenvalue weighted by Gasteiger charge is 2.67. The molecule has 5 aliphatic rings. The maximum Gasteiger partial charge on any atom is 0.302 e. The van der Waals surface area contributed by atoms with Crippen molar-refractivity contribution in [2.75, 3.05) is 0 Å². The van der Waals surface area contributed by atoms with Crippen molar-refractivity contribution in [3.63, 3.8) is 0 Å². The van der Waals surface area contributed by atoms with Crippen LogP contribution in [0.3, 0.4) is 0 Å². The highest BCUT2D eigenvalue weighted by molar-refractivity contribution is 5.85. The lowest BCUT2D eigenvalue weighted by Crippen LogP contribution is -2.62. The zero-order valence-electron chi connectivity index (χ0n) is 24.4. The molecule has 202 valence electrons. The lowest BCUT2D eigenvalue weighted by Gasteiger charge is -2.68. The third-order valence-electron chi connectivity index (χ3n) is 12.6. The van der Waals surface area contributed by atoms with E-state index in [9.17, 15) is 9.59 Å². The number of Topliss-reactive ketones (excluding diaryl/α,β-unsaturated/α-hetero) is 1. The summed E-state index contributed by atoms with van der Waals surface area (Å²) in [5, 5.41) is 0. The summed E-state index contributed by atoms with van der Waals surface area (Å²) in [6, 6.07) is 0. The van der Waals surface area contributed by atoms with Crippen molar-refractivity contribution in [3.8, 4) is 0 Å². The predicted molar refractivity (Wildman–Crippen MR) is 142 cm³/mol. The van der Waals surface area contributed by atoms with Gasteiger partial charge in [-0.05, 0) is 99.2 Å². The molecule has 1 heterocycles. The SMILES string of the molecule is CC(=O)O[C@@H](C[C@@H](C)C1=C2CC[C@H]3[C@@]4(C)CCC(=O)C(C)(C)[C@H]4CC[C@]3(C)[C@@]2(C)CC1)[C@H]1OC1(C)C. The summed E-state index contributed by atoms with van der Waals surface area (Å²) in [6.07, 6.45) is 9.76. The predicted octanol–water partition coefficient (Wildman–Crippen LogP) is 7.44. The zero-order chi connectivity index (χ0) is 26.5. The molecule has 4 heteroatoms. The Bertz CT molecular complexity index is 990. The lowest BCUT2D eigenvalue weighted by atomic mass is 9.36. The van der Waals surface area contributed by atoms with Crippen LogP contribution in [-0.4, -0.2) is 29.6 Å². The van der Waals surface area contributed by atoms with Crippen LogP contribution in [0, 0.1) is 39.4 Å². The molecule has 0 radical (unpaired) electrons. The zero-order valence-corrected chi connectivity index (χ0v) is 24.4. The minimum absolute atomic E-state index is 0.00286. The van der Waals surface area contributed by atoms with Crippen LogP contribution >= 0.6 is 0 Å². The summed E-state index contributed by atoms with van der Waals surface area (Å²) in [5.41, 5.74) is 3.73. The van der Waals surface area contributed by atoms with Crippen LogP contribution in [0.25, 0.3) is 0 Å². The van der Waals surface area contributed by atoms with Gasteiger partial charge < -0.3 is 9.47 Å². The molecule has 8 atom stereocenters. The fourth-order valence-electron chi connectivity index (χ4n) is 10.4. The molecule has 1 aliphatic heterocycles. The molecule has 0 bridgehead atoms. The summed E-state index contributed by atoms with van der Waals surface area (Å²) >= 11 is 0. The summed E-state index contributed by atoms with van der Waals surface area (Å²) in [4.78, 5) is 24.8. The monoisotopic (exact) mass is 498 g/mol. The van der Waals surface area contributed by atoms with Gasteiger partial charge in [0.05, 0.1) is 5.60 Å². The first-order chi connectivity index (χ1) is 16.6. The molecule has 5 rings (SSSR count). The highest BCUT2D eigenvalue weighted by Crippen LogP contribution is 2.74. The number of epoxide rings is 1. The molecule has 0 aromatic heterocycles. The molecule has 36 heavy (non-hydrogen) atoms. The van der Waals surface area contributed by atoms with Gasteiger partial charge in [-0.3, -0.25) is 9.59 Å². The van der Waals surface area contributed by atoms with E-state index < -0.39 is 0 Å². The van der Waals surface area contributed by atoms with Crippen molar-refractivity contribution in [2.45, 2.75) is 138 Å². The molecule has 4 aliphatic carbocycles. The van der Waals surface area contributed by atoms with Crippen LogP contribution in [0.1, 0.15) is 120 Å². The molecule has 1 saturated heterocycles. The lowest BCUT2D eigenvalue weighted by molar-refractivity contribution is -0.180. The normalized spacial score (nSPS) is 44.2. The van der Waals surface area contributed by atoms with Crippen molar-refractivity contribution in [1.82, 2.24) is 0 Å². The first-order valence-electron chi connectivity index (χ1n) is 14.7. The topological polar surface area (TPSA) is 55.9 Å². The van der Waals surface area contributed by atoms with Gasteiger partial charge >= 0.3 is 5.97 Å². The highest BCUT2D eigenvalue weighted by atomic mass is 16.6. The Kier molecular flexibility index (Phi) is 6.00. The summed E-state index contributed by atoms with van der Waals surface area (Å²) < 4.78 is 11.7. The Morgan fingerprint density at radius 3 is 2.25 bits per heavy atom. The van der Waals surface area contributed by atoms with Crippen molar-refractivity contribution in [2.24, 2.45) is 39.4 Å². The van der Waals surface area contributed by atoms with Crippen LogP contribution in [0.5, 0.6) is 0 Å². The van der Waals surface area contributed by atoms with Crippen molar-refractivity contribution < 1.29 is 19.1 Å². The van der Waals surface area contributed by atoms with E-state index in [1.54, 1.807) is 11.1 Å². The number of rotatable bonds is 5. The summed E-state index contributed by atoms with van der Waals surface area (Å²) in [7, 11) is 0. The van der Waals surface area contributed by atoms with Crippen LogP contribution in [0.4, 0.5) is 0 Å². The van der Waals surface area contributed by atoms with Crippen molar-refractivity contribution >= 4 is 11.8 Å². The Balaban J connectivity index is 1.42. The molecule has 0 N–H and O–H groups in total. The third kappa shape index (κ3) is 3.62. The second-order valence-corrected chi connectivity index (χ2v) is 15.0. The van der Waals surface area contributed by atoms with Gasteiger partial charge in [-0.1, -0.05) is 52.7 Å². The van der Waals surface area contributed by atoms with Gasteiger partial charge in [-0.2, -0.15) is 0 Å². The van der Waals surface area contributed by atoms with E-state index in [1.807, 2.05) is 0 Å². The van der Waals surface area contributed by atoms with Gasteiger partial charge in [0.25, 0.3) is 0 Å². The fourth-order valence-corrected chi connectivity index (χ4v) is 10.4.